The molecule has 3 unspecified atom stereocenters. The fourth-order valence-electron chi connectivity index (χ4n) is 6.13. The van der Waals surface area contributed by atoms with Crippen LogP contribution in [0.4, 0.5) is 5.69 Å². The lowest BCUT2D eigenvalue weighted by atomic mass is 9.65. The number of fused-ring (bicyclic) bond motifs is 3. The molecule has 2 heterocycles. The van der Waals surface area contributed by atoms with Crippen LogP contribution in [-0.4, -0.2) is 30.1 Å². The smallest absolute Gasteiger partial charge is 0.0372 e. The first-order valence-corrected chi connectivity index (χ1v) is 9.95. The molecule has 132 valence electrons. The Balaban J connectivity index is 1.48. The molecular formula is C22H34N2. The van der Waals surface area contributed by atoms with E-state index in [4.69, 9.17) is 0 Å². The van der Waals surface area contributed by atoms with E-state index in [0.717, 1.165) is 12.6 Å². The van der Waals surface area contributed by atoms with Crippen molar-refractivity contribution in [1.82, 2.24) is 4.90 Å². The number of nitrogens with one attached hydrogen (secondary N) is 1. The molecule has 4 rings (SSSR count). The largest absolute Gasteiger partial charge is 0.385 e. The summed E-state index contributed by atoms with van der Waals surface area (Å²) in [5.74, 6) is 0. The summed E-state index contributed by atoms with van der Waals surface area (Å²) < 4.78 is 0. The Hall–Kier alpha value is -1.02. The maximum atomic E-state index is 3.53. The van der Waals surface area contributed by atoms with Crippen molar-refractivity contribution in [3.63, 3.8) is 0 Å². The lowest BCUT2D eigenvalue weighted by Crippen LogP contribution is -2.40. The van der Waals surface area contributed by atoms with Crippen molar-refractivity contribution >= 4 is 5.69 Å². The van der Waals surface area contributed by atoms with Crippen molar-refractivity contribution in [3.05, 3.63) is 29.3 Å². The van der Waals surface area contributed by atoms with Gasteiger partial charge in [-0.2, -0.15) is 0 Å². The monoisotopic (exact) mass is 326 g/mol. The van der Waals surface area contributed by atoms with E-state index >= 15 is 0 Å². The minimum atomic E-state index is 0.517. The van der Waals surface area contributed by atoms with E-state index in [9.17, 15) is 0 Å². The first-order chi connectivity index (χ1) is 11.3. The molecule has 1 aliphatic carbocycles. The van der Waals surface area contributed by atoms with E-state index in [2.05, 4.69) is 56.1 Å². The van der Waals surface area contributed by atoms with E-state index in [1.54, 1.807) is 0 Å². The number of nitrogens with zero attached hydrogens (tertiary/aromatic N) is 1. The summed E-state index contributed by atoms with van der Waals surface area (Å²) in [6.07, 6.45) is 7.89. The Bertz CT molecular complexity index is 620. The molecule has 2 nitrogen and oxygen atoms in total. The van der Waals surface area contributed by atoms with Crippen LogP contribution in [0.2, 0.25) is 0 Å². The highest BCUT2D eigenvalue weighted by Gasteiger charge is 2.50. The Morgan fingerprint density at radius 3 is 2.92 bits per heavy atom. The van der Waals surface area contributed by atoms with Gasteiger partial charge >= 0.3 is 0 Å². The lowest BCUT2D eigenvalue weighted by Gasteiger charge is -2.40. The predicted octanol–water partition coefficient (Wildman–Crippen LogP) is 4.88. The summed E-state index contributed by atoms with van der Waals surface area (Å²) in [5.41, 5.74) is 5.48. The second-order valence-corrected chi connectivity index (χ2v) is 9.96. The number of aryl methyl sites for hydroxylation is 1. The van der Waals surface area contributed by atoms with Crippen molar-refractivity contribution in [3.8, 4) is 0 Å². The molecule has 0 radical (unpaired) electrons. The summed E-state index contributed by atoms with van der Waals surface area (Å²) in [4.78, 5) is 2.84. The van der Waals surface area contributed by atoms with Crippen molar-refractivity contribution in [2.24, 2.45) is 10.8 Å². The molecule has 24 heavy (non-hydrogen) atoms. The van der Waals surface area contributed by atoms with E-state index in [0.29, 0.717) is 16.9 Å². The van der Waals surface area contributed by atoms with Crippen LogP contribution in [0.3, 0.4) is 0 Å². The Morgan fingerprint density at radius 2 is 2.08 bits per heavy atom. The Kier molecular flexibility index (Phi) is 3.95. The molecule has 2 bridgehead atoms. The molecule has 3 aliphatic rings. The maximum Gasteiger partial charge on any atom is 0.0372 e. The molecule has 0 spiro atoms. The highest BCUT2D eigenvalue weighted by Crippen LogP contribution is 2.53. The van der Waals surface area contributed by atoms with Gasteiger partial charge < -0.3 is 5.32 Å². The van der Waals surface area contributed by atoms with E-state index in [1.165, 1.54) is 61.9 Å². The van der Waals surface area contributed by atoms with Gasteiger partial charge in [-0.05, 0) is 73.5 Å². The Labute approximate surface area is 148 Å². The second-order valence-electron chi connectivity index (χ2n) is 9.96. The molecule has 1 aromatic rings. The summed E-state index contributed by atoms with van der Waals surface area (Å²) in [7, 11) is 0. The third kappa shape index (κ3) is 3.10. The summed E-state index contributed by atoms with van der Waals surface area (Å²) >= 11 is 0. The van der Waals surface area contributed by atoms with Gasteiger partial charge in [0, 0.05) is 30.9 Å². The molecule has 1 saturated heterocycles. The summed E-state index contributed by atoms with van der Waals surface area (Å²) in [6, 6.07) is 8.57. The maximum absolute atomic E-state index is 3.53. The first kappa shape index (κ1) is 16.4. The van der Waals surface area contributed by atoms with Crippen molar-refractivity contribution in [2.75, 3.05) is 18.4 Å². The molecule has 2 heteroatoms. The third-order valence-electron chi connectivity index (χ3n) is 6.66. The molecule has 1 N–H and O–H groups in total. The SMILES string of the molecule is CC(Cc1ccc2c(c1)CCCN2)N1CC2(C)CC1CC(C)(C)C2. The molecule has 1 saturated carbocycles. The van der Waals surface area contributed by atoms with Crippen LogP contribution in [0.1, 0.15) is 64.5 Å². The number of rotatable bonds is 3. The first-order valence-electron chi connectivity index (χ1n) is 9.95. The zero-order valence-corrected chi connectivity index (χ0v) is 16.0. The Morgan fingerprint density at radius 1 is 1.25 bits per heavy atom. The van der Waals surface area contributed by atoms with Crippen LogP contribution in [0.15, 0.2) is 18.2 Å². The highest BCUT2D eigenvalue weighted by atomic mass is 15.2. The molecule has 3 atom stereocenters. The van der Waals surface area contributed by atoms with Gasteiger partial charge in [-0.1, -0.05) is 32.9 Å². The van der Waals surface area contributed by atoms with Crippen LogP contribution in [0.25, 0.3) is 0 Å². The number of likely N-dealkylation sites (tertiary alicyclic amines) is 1. The van der Waals surface area contributed by atoms with E-state index in [1.807, 2.05) is 0 Å². The van der Waals surface area contributed by atoms with Crippen LogP contribution >= 0.6 is 0 Å². The van der Waals surface area contributed by atoms with Gasteiger partial charge in [0.15, 0.2) is 0 Å². The van der Waals surface area contributed by atoms with Crippen LogP contribution in [0.5, 0.6) is 0 Å². The van der Waals surface area contributed by atoms with Gasteiger partial charge in [0.05, 0.1) is 0 Å². The fraction of sp³-hybridized carbons (Fsp3) is 0.727. The van der Waals surface area contributed by atoms with E-state index < -0.39 is 0 Å². The summed E-state index contributed by atoms with van der Waals surface area (Å²) in [5, 5.41) is 3.53. The highest BCUT2D eigenvalue weighted by molar-refractivity contribution is 5.54. The lowest BCUT2D eigenvalue weighted by molar-refractivity contribution is 0.120. The molecule has 0 amide bonds. The van der Waals surface area contributed by atoms with Gasteiger partial charge in [0.25, 0.3) is 0 Å². The second kappa shape index (κ2) is 5.76. The average molecular weight is 327 g/mol. The van der Waals surface area contributed by atoms with Crippen LogP contribution < -0.4 is 5.32 Å². The summed E-state index contributed by atoms with van der Waals surface area (Å²) in [6.45, 7) is 12.4. The number of benzene rings is 1. The normalized spacial score (nSPS) is 32.9. The minimum Gasteiger partial charge on any atom is -0.385 e. The molecule has 1 aromatic carbocycles. The van der Waals surface area contributed by atoms with Gasteiger partial charge in [0.2, 0.25) is 0 Å². The fourth-order valence-corrected chi connectivity index (χ4v) is 6.13. The quantitative estimate of drug-likeness (QED) is 0.852. The van der Waals surface area contributed by atoms with Crippen molar-refractivity contribution in [2.45, 2.75) is 78.3 Å². The molecule has 2 fully saturated rings. The van der Waals surface area contributed by atoms with Crippen molar-refractivity contribution in [1.29, 1.82) is 0 Å². The van der Waals surface area contributed by atoms with Gasteiger partial charge in [-0.15, -0.1) is 0 Å². The molecular weight excluding hydrogens is 292 g/mol. The molecule has 2 aliphatic heterocycles. The van der Waals surface area contributed by atoms with Gasteiger partial charge in [0.1, 0.15) is 0 Å². The zero-order chi connectivity index (χ0) is 16.9. The number of anilines is 1. The van der Waals surface area contributed by atoms with E-state index in [-0.39, 0.29) is 0 Å². The third-order valence-corrected chi connectivity index (χ3v) is 6.66. The standard InChI is InChI=1S/C22H34N2/c1-16(10-17-7-8-20-18(11-17)6-5-9-23-20)24-15-22(4)13-19(24)12-21(2,3)14-22/h7-8,11,16,19,23H,5-6,9-10,12-15H2,1-4H3. The molecule has 0 aromatic heterocycles. The van der Waals surface area contributed by atoms with Gasteiger partial charge in [-0.25, -0.2) is 0 Å². The predicted molar refractivity (Wildman–Crippen MR) is 103 cm³/mol. The van der Waals surface area contributed by atoms with Crippen LogP contribution in [0, 0.1) is 10.8 Å². The van der Waals surface area contributed by atoms with Gasteiger partial charge in [-0.3, -0.25) is 4.90 Å². The topological polar surface area (TPSA) is 15.3 Å². The minimum absolute atomic E-state index is 0.517. The average Bonchev–Trinajstić information content (AvgIpc) is 2.76. The number of hydrogen-bond acceptors (Lipinski definition) is 2. The number of hydrogen-bond donors (Lipinski definition) is 1. The van der Waals surface area contributed by atoms with Crippen molar-refractivity contribution < 1.29 is 0 Å². The van der Waals surface area contributed by atoms with Crippen LogP contribution in [-0.2, 0) is 12.8 Å². The zero-order valence-electron chi connectivity index (χ0n) is 16.0.